The summed E-state index contributed by atoms with van der Waals surface area (Å²) in [7, 11) is 0. The van der Waals surface area contributed by atoms with E-state index in [1.807, 2.05) is 30.0 Å². The molecule has 0 N–H and O–H groups in total. The Hall–Kier alpha value is -2.84. The van der Waals surface area contributed by atoms with E-state index in [2.05, 4.69) is 11.9 Å². The minimum atomic E-state index is -0.416. The highest BCUT2D eigenvalue weighted by molar-refractivity contribution is 5.93. The first-order chi connectivity index (χ1) is 18.5. The Morgan fingerprint density at radius 3 is 2.61 bits per heavy atom. The van der Waals surface area contributed by atoms with Gasteiger partial charge < -0.3 is 14.4 Å². The van der Waals surface area contributed by atoms with E-state index in [-0.39, 0.29) is 17.8 Å². The molecule has 3 fully saturated rings. The number of carbonyl (C=O) groups excluding carboxylic acids is 1. The van der Waals surface area contributed by atoms with Crippen molar-refractivity contribution in [2.45, 2.75) is 89.4 Å². The Kier molecular flexibility index (Phi) is 6.95. The largest absolute Gasteiger partial charge is 0.348 e. The molecule has 6 rings (SSSR count). The molecule has 1 aliphatic carbocycles. The summed E-state index contributed by atoms with van der Waals surface area (Å²) in [4.78, 5) is 20.1. The van der Waals surface area contributed by atoms with Crippen molar-refractivity contribution in [2.75, 3.05) is 19.8 Å². The monoisotopic (exact) mass is 520 g/mol. The van der Waals surface area contributed by atoms with Gasteiger partial charge in [-0.05, 0) is 68.7 Å². The molecule has 3 aromatic rings. The number of halogens is 1. The average Bonchev–Trinajstić information content (AvgIpc) is 3.51. The quantitative estimate of drug-likeness (QED) is 0.428. The van der Waals surface area contributed by atoms with Crippen molar-refractivity contribution in [1.29, 1.82) is 0 Å². The summed E-state index contributed by atoms with van der Waals surface area (Å²) < 4.78 is 28.9. The van der Waals surface area contributed by atoms with E-state index in [4.69, 9.17) is 14.6 Å². The van der Waals surface area contributed by atoms with E-state index >= 15 is 4.39 Å². The Morgan fingerprint density at radius 1 is 1.08 bits per heavy atom. The molecule has 38 heavy (non-hydrogen) atoms. The molecule has 1 aromatic carbocycles. The first kappa shape index (κ1) is 25.4. The molecule has 2 aliphatic heterocycles. The van der Waals surface area contributed by atoms with Crippen LogP contribution < -0.4 is 0 Å². The van der Waals surface area contributed by atoms with Crippen molar-refractivity contribution in [1.82, 2.24) is 19.5 Å². The zero-order chi connectivity index (χ0) is 26.3. The van der Waals surface area contributed by atoms with Crippen molar-refractivity contribution in [3.63, 3.8) is 0 Å². The van der Waals surface area contributed by atoms with E-state index in [9.17, 15) is 4.79 Å². The van der Waals surface area contributed by atoms with Gasteiger partial charge in [-0.15, -0.1) is 0 Å². The van der Waals surface area contributed by atoms with Crippen LogP contribution in [-0.2, 0) is 15.9 Å². The number of hydrogen-bond acceptors (Lipinski definition) is 5. The lowest BCUT2D eigenvalue weighted by Gasteiger charge is -2.35. The van der Waals surface area contributed by atoms with Gasteiger partial charge in [0.2, 0.25) is 0 Å². The van der Waals surface area contributed by atoms with Crippen LogP contribution in [0.15, 0.2) is 30.3 Å². The first-order valence-electron chi connectivity index (χ1n) is 14.2. The number of benzene rings is 1. The fraction of sp³-hybridized carbons (Fsp3) is 0.567. The second kappa shape index (κ2) is 10.4. The van der Waals surface area contributed by atoms with Crippen LogP contribution in [0.3, 0.4) is 0 Å². The normalized spacial score (nSPS) is 22.3. The summed E-state index contributed by atoms with van der Waals surface area (Å²) in [5, 5.41) is 4.70. The molecule has 1 spiro atoms. The fourth-order valence-corrected chi connectivity index (χ4v) is 6.42. The van der Waals surface area contributed by atoms with Crippen LogP contribution in [0.4, 0.5) is 4.39 Å². The molecule has 0 radical (unpaired) electrons. The number of likely N-dealkylation sites (tertiary alicyclic amines) is 1. The van der Waals surface area contributed by atoms with E-state index in [0.717, 1.165) is 69.2 Å². The molecule has 1 atom stereocenters. The van der Waals surface area contributed by atoms with E-state index in [1.54, 1.807) is 16.6 Å². The molecular weight excluding hydrogens is 483 g/mol. The van der Waals surface area contributed by atoms with Gasteiger partial charge in [0.1, 0.15) is 11.5 Å². The van der Waals surface area contributed by atoms with Gasteiger partial charge in [-0.3, -0.25) is 4.79 Å². The summed E-state index contributed by atoms with van der Waals surface area (Å²) in [5.74, 6) is -0.438. The van der Waals surface area contributed by atoms with Crippen LogP contribution in [0.25, 0.3) is 16.9 Å². The van der Waals surface area contributed by atoms with Crippen LogP contribution in [0.1, 0.15) is 92.9 Å². The summed E-state index contributed by atoms with van der Waals surface area (Å²) in [6.45, 7) is 6.24. The Labute approximate surface area is 223 Å². The Bertz CT molecular complexity index is 1320. The molecule has 2 aromatic heterocycles. The van der Waals surface area contributed by atoms with Crippen LogP contribution in [0.2, 0.25) is 0 Å². The fourth-order valence-electron chi connectivity index (χ4n) is 6.42. The highest BCUT2D eigenvalue weighted by Crippen LogP contribution is 2.43. The van der Waals surface area contributed by atoms with Crippen LogP contribution in [0, 0.1) is 5.82 Å². The number of hydrogen-bond donors (Lipinski definition) is 0. The van der Waals surface area contributed by atoms with Gasteiger partial charge in [-0.2, -0.15) is 5.10 Å². The Morgan fingerprint density at radius 2 is 1.87 bits per heavy atom. The molecule has 1 saturated carbocycles. The summed E-state index contributed by atoms with van der Waals surface area (Å²) >= 11 is 0. The third-order valence-electron chi connectivity index (χ3n) is 8.70. The second-order valence-electron chi connectivity index (χ2n) is 11.1. The number of fused-ring (bicyclic) bond motifs is 1. The van der Waals surface area contributed by atoms with Gasteiger partial charge in [-0.25, -0.2) is 13.9 Å². The third kappa shape index (κ3) is 4.73. The third-order valence-corrected chi connectivity index (χ3v) is 8.70. The molecule has 8 heteroatoms. The van der Waals surface area contributed by atoms with Gasteiger partial charge in [0, 0.05) is 42.8 Å². The summed E-state index contributed by atoms with van der Waals surface area (Å²) in [6, 6.07) is 9.34. The standard InChI is InChI=1S/C30H37FN4O3/c1-3-23-18-27(29(36)34-14-6-4-5-7-20(34)2)32-28-19-26(33-35(23)28)24-9-8-22(17-25(24)31)21-10-12-30(13-11-21)37-15-16-38-30/h8-9,17-21H,3-7,10-16H2,1-2H3/t20-/m1/s1. The van der Waals surface area contributed by atoms with Crippen molar-refractivity contribution in [2.24, 2.45) is 0 Å². The highest BCUT2D eigenvalue weighted by Gasteiger charge is 2.40. The lowest BCUT2D eigenvalue weighted by atomic mass is 9.80. The molecule has 0 bridgehead atoms. The second-order valence-corrected chi connectivity index (χ2v) is 11.1. The highest BCUT2D eigenvalue weighted by atomic mass is 19.1. The van der Waals surface area contributed by atoms with E-state index in [0.29, 0.717) is 48.2 Å². The van der Waals surface area contributed by atoms with Gasteiger partial charge in [0.15, 0.2) is 11.4 Å². The lowest BCUT2D eigenvalue weighted by molar-refractivity contribution is -0.178. The SMILES string of the molecule is CCc1cc(C(=O)N2CCCCC[C@H]2C)nc2cc(-c3ccc(C4CCC5(CC4)OCCO5)cc3F)nn12. The van der Waals surface area contributed by atoms with Gasteiger partial charge in [0.05, 0.1) is 18.9 Å². The predicted octanol–water partition coefficient (Wildman–Crippen LogP) is 5.90. The maximum absolute atomic E-state index is 15.4. The summed E-state index contributed by atoms with van der Waals surface area (Å²) in [6.07, 6.45) is 8.56. The molecule has 3 aliphatic rings. The molecule has 202 valence electrons. The smallest absolute Gasteiger partial charge is 0.272 e. The summed E-state index contributed by atoms with van der Waals surface area (Å²) in [5.41, 5.74) is 3.88. The van der Waals surface area contributed by atoms with Gasteiger partial charge in [0.25, 0.3) is 5.91 Å². The van der Waals surface area contributed by atoms with Crippen molar-refractivity contribution in [3.05, 3.63) is 53.1 Å². The molecule has 2 saturated heterocycles. The first-order valence-corrected chi connectivity index (χ1v) is 14.2. The van der Waals surface area contributed by atoms with Crippen molar-refractivity contribution in [3.8, 4) is 11.3 Å². The maximum Gasteiger partial charge on any atom is 0.272 e. The Balaban J connectivity index is 1.26. The number of rotatable bonds is 4. The number of nitrogens with zero attached hydrogens (tertiary/aromatic N) is 4. The van der Waals surface area contributed by atoms with Crippen molar-refractivity contribution >= 4 is 11.6 Å². The van der Waals surface area contributed by atoms with Crippen LogP contribution in [0.5, 0.6) is 0 Å². The zero-order valence-corrected chi connectivity index (χ0v) is 22.4. The van der Waals surface area contributed by atoms with Crippen LogP contribution >= 0.6 is 0 Å². The number of carbonyl (C=O) groups is 1. The topological polar surface area (TPSA) is 69.0 Å². The number of aromatic nitrogens is 3. The average molecular weight is 521 g/mol. The lowest BCUT2D eigenvalue weighted by Crippen LogP contribution is -2.38. The van der Waals surface area contributed by atoms with Crippen LogP contribution in [-0.4, -0.2) is 57.0 Å². The number of aryl methyl sites for hydroxylation is 1. The molecule has 1 amide bonds. The van der Waals surface area contributed by atoms with Crippen molar-refractivity contribution < 1.29 is 18.7 Å². The van der Waals surface area contributed by atoms with E-state index < -0.39 is 5.79 Å². The molecule has 0 unspecified atom stereocenters. The molecule has 4 heterocycles. The minimum absolute atomic E-state index is 0.0300. The van der Waals surface area contributed by atoms with E-state index in [1.165, 1.54) is 0 Å². The number of ether oxygens (including phenoxy) is 2. The molecular formula is C30H37FN4O3. The number of amides is 1. The zero-order valence-electron chi connectivity index (χ0n) is 22.4. The maximum atomic E-state index is 15.4. The molecule has 7 nitrogen and oxygen atoms in total. The van der Waals surface area contributed by atoms with Gasteiger partial charge in [-0.1, -0.05) is 25.8 Å². The minimum Gasteiger partial charge on any atom is -0.348 e. The predicted molar refractivity (Wildman–Crippen MR) is 143 cm³/mol. The van der Waals surface area contributed by atoms with Gasteiger partial charge >= 0.3 is 0 Å².